The summed E-state index contributed by atoms with van der Waals surface area (Å²) in [5.41, 5.74) is 6.86. The Labute approximate surface area is 237 Å². The van der Waals surface area contributed by atoms with E-state index in [0.29, 0.717) is 5.02 Å². The van der Waals surface area contributed by atoms with E-state index in [-0.39, 0.29) is 6.61 Å². The Hall–Kier alpha value is -3.26. The van der Waals surface area contributed by atoms with Gasteiger partial charge in [0.1, 0.15) is 10.8 Å². The van der Waals surface area contributed by atoms with E-state index in [4.69, 9.17) is 26.1 Å². The summed E-state index contributed by atoms with van der Waals surface area (Å²) in [6.45, 7) is 13.9. The molecule has 0 radical (unpaired) electrons. The molecule has 0 aliphatic rings. The third-order valence-corrected chi connectivity index (χ3v) is 7.94. The third kappa shape index (κ3) is 5.31. The number of hydrogen-bond donors (Lipinski definition) is 0. The molecule has 0 aliphatic heterocycles. The fraction of sp³-hybridized carbons (Fsp3) is 0.323. The first-order valence-corrected chi connectivity index (χ1v) is 14.2. The number of pyridine rings is 1. The smallest absolute Gasteiger partial charge is 0.339 e. The molecule has 1 atom stereocenters. The van der Waals surface area contributed by atoms with Gasteiger partial charge in [0.25, 0.3) is 0 Å². The summed E-state index contributed by atoms with van der Waals surface area (Å²) in [6.07, 6.45) is 1.14. The van der Waals surface area contributed by atoms with Gasteiger partial charge in [0, 0.05) is 27.9 Å². The van der Waals surface area contributed by atoms with Gasteiger partial charge in [0.15, 0.2) is 6.10 Å². The Morgan fingerprint density at radius 3 is 2.44 bits per heavy atom. The number of ether oxygens (including phenoxy) is 2. The van der Waals surface area contributed by atoms with Gasteiger partial charge >= 0.3 is 5.97 Å². The molecule has 202 valence electrons. The van der Waals surface area contributed by atoms with Crippen LogP contribution in [-0.4, -0.2) is 32.5 Å². The topological polar surface area (TPSA) is 65.7 Å². The molecule has 2 aromatic carbocycles. The third-order valence-electron chi connectivity index (χ3n) is 6.55. The number of aryl methyl sites for hydroxylation is 3. The maximum Gasteiger partial charge on any atom is 0.339 e. The van der Waals surface area contributed by atoms with Gasteiger partial charge in [-0.25, -0.2) is 14.8 Å². The number of rotatable bonds is 6. The molecule has 0 N–H and O–H groups in total. The van der Waals surface area contributed by atoms with Crippen molar-refractivity contribution in [2.24, 2.45) is 0 Å². The van der Waals surface area contributed by atoms with Crippen LogP contribution in [0.4, 0.5) is 0 Å². The molecule has 0 fully saturated rings. The molecule has 6 nitrogen and oxygen atoms in total. The van der Waals surface area contributed by atoms with Gasteiger partial charge in [-0.3, -0.25) is 0 Å². The zero-order valence-electron chi connectivity index (χ0n) is 23.3. The van der Waals surface area contributed by atoms with Crippen molar-refractivity contribution >= 4 is 44.6 Å². The number of carbonyl (C=O) groups is 1. The van der Waals surface area contributed by atoms with Crippen molar-refractivity contribution in [3.63, 3.8) is 0 Å². The molecule has 0 amide bonds. The molecule has 0 saturated heterocycles. The van der Waals surface area contributed by atoms with E-state index in [9.17, 15) is 4.79 Å². The lowest BCUT2D eigenvalue weighted by molar-refractivity contribution is -0.166. The molecule has 8 heteroatoms. The lowest BCUT2D eigenvalue weighted by Gasteiger charge is -2.29. The SMILES string of the molecule is CCOC(=O)C(OC(C)(C)C)c1c(C)cc2nc(-c3ccn4c(C)nc(C)c4c3)sc2c1-c1ccc(Cl)cc1. The van der Waals surface area contributed by atoms with Crippen LogP contribution >= 0.6 is 22.9 Å². The minimum absolute atomic E-state index is 0.265. The first-order chi connectivity index (χ1) is 18.5. The van der Waals surface area contributed by atoms with Crippen molar-refractivity contribution < 1.29 is 14.3 Å². The molecule has 5 aromatic rings. The average molecular weight is 562 g/mol. The van der Waals surface area contributed by atoms with Crippen molar-refractivity contribution in [1.29, 1.82) is 0 Å². The Morgan fingerprint density at radius 2 is 1.77 bits per heavy atom. The Bertz CT molecular complexity index is 1700. The second-order valence-electron chi connectivity index (χ2n) is 10.6. The summed E-state index contributed by atoms with van der Waals surface area (Å²) in [5, 5.41) is 1.53. The Morgan fingerprint density at radius 1 is 1.05 bits per heavy atom. The first kappa shape index (κ1) is 27.3. The maximum atomic E-state index is 13.3. The van der Waals surface area contributed by atoms with Gasteiger partial charge in [-0.05, 0) is 89.9 Å². The highest BCUT2D eigenvalue weighted by atomic mass is 35.5. The number of thiazole rings is 1. The molecule has 0 spiro atoms. The molecule has 0 saturated carbocycles. The van der Waals surface area contributed by atoms with Gasteiger partial charge in [-0.1, -0.05) is 23.7 Å². The second-order valence-corrected chi connectivity index (χ2v) is 12.1. The van der Waals surface area contributed by atoms with Crippen molar-refractivity contribution in [3.8, 4) is 21.7 Å². The molecule has 0 aliphatic carbocycles. The van der Waals surface area contributed by atoms with Crippen molar-refractivity contribution in [3.05, 3.63) is 76.3 Å². The average Bonchev–Trinajstić information content (AvgIpc) is 3.42. The summed E-state index contributed by atoms with van der Waals surface area (Å²) >= 11 is 7.86. The second kappa shape index (κ2) is 10.4. The number of fused-ring (bicyclic) bond motifs is 2. The van der Waals surface area contributed by atoms with Crippen molar-refractivity contribution in [2.45, 2.75) is 60.2 Å². The minimum Gasteiger partial charge on any atom is -0.464 e. The van der Waals surface area contributed by atoms with E-state index in [2.05, 4.69) is 21.5 Å². The minimum atomic E-state index is -0.903. The summed E-state index contributed by atoms with van der Waals surface area (Å²) in [7, 11) is 0. The number of carbonyl (C=O) groups excluding carboxylic acids is 1. The normalized spacial score (nSPS) is 12.8. The number of nitrogens with zero attached hydrogens (tertiary/aromatic N) is 3. The van der Waals surface area contributed by atoms with Gasteiger partial charge in [0.2, 0.25) is 0 Å². The predicted molar refractivity (Wildman–Crippen MR) is 159 cm³/mol. The Kier molecular flexibility index (Phi) is 7.27. The van der Waals surface area contributed by atoms with Crippen molar-refractivity contribution in [1.82, 2.24) is 14.4 Å². The number of hydrogen-bond acceptors (Lipinski definition) is 6. The quantitative estimate of drug-likeness (QED) is 0.195. The molecule has 1 unspecified atom stereocenters. The maximum absolute atomic E-state index is 13.3. The lowest BCUT2D eigenvalue weighted by atomic mass is 9.91. The largest absolute Gasteiger partial charge is 0.464 e. The van der Waals surface area contributed by atoms with Gasteiger partial charge < -0.3 is 13.9 Å². The fourth-order valence-electron chi connectivity index (χ4n) is 4.92. The molecule has 39 heavy (non-hydrogen) atoms. The fourth-order valence-corrected chi connectivity index (χ4v) is 6.17. The van der Waals surface area contributed by atoms with Crippen LogP contribution < -0.4 is 0 Å². The van der Waals surface area contributed by atoms with Gasteiger partial charge in [-0.2, -0.15) is 0 Å². The monoisotopic (exact) mass is 561 g/mol. The van der Waals surface area contributed by atoms with Crippen LogP contribution in [0.15, 0.2) is 48.7 Å². The number of imidazole rings is 1. The van der Waals surface area contributed by atoms with E-state index in [0.717, 1.165) is 60.1 Å². The van der Waals surface area contributed by atoms with Crippen LogP contribution in [0.1, 0.15) is 56.4 Å². The van der Waals surface area contributed by atoms with Crippen LogP contribution in [0.3, 0.4) is 0 Å². The summed E-state index contributed by atoms with van der Waals surface area (Å²) in [6, 6.07) is 13.9. The van der Waals surface area contributed by atoms with E-state index < -0.39 is 17.7 Å². The van der Waals surface area contributed by atoms with Gasteiger partial charge in [0.05, 0.1) is 33.6 Å². The number of halogens is 1. The molecular weight excluding hydrogens is 530 g/mol. The number of aromatic nitrogens is 3. The molecule has 0 bridgehead atoms. The number of benzene rings is 2. The summed E-state index contributed by atoms with van der Waals surface area (Å²) in [4.78, 5) is 23.0. The molecule has 5 rings (SSSR count). The Balaban J connectivity index is 1.78. The van der Waals surface area contributed by atoms with Crippen LogP contribution in [0.2, 0.25) is 5.02 Å². The van der Waals surface area contributed by atoms with E-state index in [1.165, 1.54) is 0 Å². The molecule has 3 aromatic heterocycles. The highest BCUT2D eigenvalue weighted by Crippen LogP contribution is 2.44. The van der Waals surface area contributed by atoms with Crippen LogP contribution in [-0.2, 0) is 14.3 Å². The lowest BCUT2D eigenvalue weighted by Crippen LogP contribution is -2.29. The van der Waals surface area contributed by atoms with E-state index in [1.54, 1.807) is 18.3 Å². The van der Waals surface area contributed by atoms with E-state index >= 15 is 0 Å². The van der Waals surface area contributed by atoms with Gasteiger partial charge in [-0.15, -0.1) is 11.3 Å². The van der Waals surface area contributed by atoms with Crippen LogP contribution in [0.5, 0.6) is 0 Å². The predicted octanol–water partition coefficient (Wildman–Crippen LogP) is 8.28. The zero-order valence-corrected chi connectivity index (χ0v) is 24.8. The zero-order chi connectivity index (χ0) is 28.1. The van der Waals surface area contributed by atoms with Crippen molar-refractivity contribution in [2.75, 3.05) is 6.61 Å². The van der Waals surface area contributed by atoms with Crippen LogP contribution in [0.25, 0.3) is 37.4 Å². The molecular formula is C31H32ClN3O3S. The standard InChI is InChI=1S/C31H32ClN3O3S/c1-8-37-30(36)27(38-31(5,6)7)25-17(2)15-23-28(26(25)20-9-11-22(32)12-10-20)39-29(34-23)21-13-14-35-19(4)33-18(3)24(35)16-21/h9-16,27H,8H2,1-7H3. The molecule has 3 heterocycles. The highest BCUT2D eigenvalue weighted by Gasteiger charge is 2.33. The summed E-state index contributed by atoms with van der Waals surface area (Å²) in [5.74, 6) is 0.541. The highest BCUT2D eigenvalue weighted by molar-refractivity contribution is 7.22. The number of esters is 1. The summed E-state index contributed by atoms with van der Waals surface area (Å²) < 4.78 is 14.9. The first-order valence-electron chi connectivity index (χ1n) is 13.0. The van der Waals surface area contributed by atoms with Crippen LogP contribution in [0, 0.1) is 20.8 Å². The van der Waals surface area contributed by atoms with E-state index in [1.807, 2.05) is 78.1 Å².